The Hall–Kier alpha value is -3.16. The first-order valence-corrected chi connectivity index (χ1v) is 8.41. The Balaban J connectivity index is 1.68. The number of pyridine rings is 1. The molecule has 7 nitrogen and oxygen atoms in total. The van der Waals surface area contributed by atoms with Crippen molar-refractivity contribution in [2.45, 2.75) is 0 Å². The maximum absolute atomic E-state index is 12.0. The lowest BCUT2D eigenvalue weighted by molar-refractivity contribution is -0.136. The molecule has 0 unspecified atom stereocenters. The van der Waals surface area contributed by atoms with Crippen LogP contribution in [0.25, 0.3) is 10.9 Å². The van der Waals surface area contributed by atoms with Crippen LogP contribution in [0.3, 0.4) is 0 Å². The summed E-state index contributed by atoms with van der Waals surface area (Å²) < 4.78 is 0. The van der Waals surface area contributed by atoms with Crippen molar-refractivity contribution in [1.29, 1.82) is 0 Å². The van der Waals surface area contributed by atoms with E-state index < -0.39 is 11.8 Å². The third kappa shape index (κ3) is 4.52. The van der Waals surface area contributed by atoms with Crippen LogP contribution in [-0.4, -0.2) is 23.0 Å². The summed E-state index contributed by atoms with van der Waals surface area (Å²) >= 11 is 11.7. The molecule has 0 saturated heterocycles. The smallest absolute Gasteiger partial charge is 0.321 e. The first kappa shape index (κ1) is 18.6. The highest BCUT2D eigenvalue weighted by Crippen LogP contribution is 2.25. The number of hydrogen-bond donors (Lipinski definition) is 3. The van der Waals surface area contributed by atoms with Crippen molar-refractivity contribution in [2.24, 2.45) is 5.10 Å². The van der Waals surface area contributed by atoms with Crippen LogP contribution >= 0.6 is 23.2 Å². The van der Waals surface area contributed by atoms with Crippen LogP contribution in [0, 0.1) is 0 Å². The van der Waals surface area contributed by atoms with Gasteiger partial charge in [0, 0.05) is 10.5 Å². The molecule has 0 aliphatic heterocycles. The van der Waals surface area contributed by atoms with Gasteiger partial charge in [0.25, 0.3) is 5.56 Å². The number of hydrazone groups is 1. The third-order valence-electron chi connectivity index (χ3n) is 3.53. The molecule has 3 aromatic rings. The summed E-state index contributed by atoms with van der Waals surface area (Å²) in [6, 6.07) is 13.3. The van der Waals surface area contributed by atoms with Crippen LogP contribution < -0.4 is 16.3 Å². The summed E-state index contributed by atoms with van der Waals surface area (Å²) in [5.41, 5.74) is 2.78. The van der Waals surface area contributed by atoms with Gasteiger partial charge in [-0.1, -0.05) is 41.4 Å². The average molecular weight is 403 g/mol. The number of rotatable bonds is 3. The summed E-state index contributed by atoms with van der Waals surface area (Å²) in [4.78, 5) is 38.4. The number of aromatic nitrogens is 1. The van der Waals surface area contributed by atoms with Gasteiger partial charge in [0.1, 0.15) is 0 Å². The molecular formula is C18H12Cl2N4O3. The lowest BCUT2D eigenvalue weighted by Gasteiger charge is -2.06. The molecular weight excluding hydrogens is 391 g/mol. The fourth-order valence-corrected chi connectivity index (χ4v) is 2.58. The number of carbonyl (C=O) groups excluding carboxylic acids is 2. The van der Waals surface area contributed by atoms with E-state index >= 15 is 0 Å². The van der Waals surface area contributed by atoms with Crippen LogP contribution in [-0.2, 0) is 9.59 Å². The monoisotopic (exact) mass is 402 g/mol. The van der Waals surface area contributed by atoms with Gasteiger partial charge >= 0.3 is 11.8 Å². The van der Waals surface area contributed by atoms with E-state index in [9.17, 15) is 14.4 Å². The van der Waals surface area contributed by atoms with Gasteiger partial charge in [-0.2, -0.15) is 5.10 Å². The van der Waals surface area contributed by atoms with Crippen LogP contribution in [0.4, 0.5) is 5.69 Å². The van der Waals surface area contributed by atoms with Crippen molar-refractivity contribution >= 4 is 57.8 Å². The molecule has 0 spiro atoms. The normalized spacial score (nSPS) is 10.9. The van der Waals surface area contributed by atoms with Crippen molar-refractivity contribution in [3.05, 3.63) is 74.5 Å². The van der Waals surface area contributed by atoms with E-state index in [1.165, 1.54) is 12.1 Å². The molecule has 0 saturated carbocycles. The topological polar surface area (TPSA) is 103 Å². The Morgan fingerprint density at radius 2 is 1.81 bits per heavy atom. The predicted octanol–water partition coefficient (Wildman–Crippen LogP) is 2.92. The molecule has 0 aliphatic rings. The fourth-order valence-electron chi connectivity index (χ4n) is 2.24. The molecule has 27 heavy (non-hydrogen) atoms. The van der Waals surface area contributed by atoms with Crippen LogP contribution in [0.1, 0.15) is 5.56 Å². The van der Waals surface area contributed by atoms with Gasteiger partial charge in [0.2, 0.25) is 0 Å². The molecule has 0 aliphatic carbocycles. The number of aromatic amines is 1. The second kappa shape index (κ2) is 8.03. The lowest BCUT2D eigenvalue weighted by atomic mass is 10.2. The van der Waals surface area contributed by atoms with E-state index in [0.717, 1.165) is 11.6 Å². The number of nitrogens with zero attached hydrogens (tertiary/aromatic N) is 1. The molecule has 3 rings (SSSR count). The number of amides is 2. The molecule has 0 fully saturated rings. The molecule has 1 heterocycles. The molecule has 0 bridgehead atoms. The van der Waals surface area contributed by atoms with Gasteiger partial charge in [-0.25, -0.2) is 5.43 Å². The second-order valence-corrected chi connectivity index (χ2v) is 6.26. The highest BCUT2D eigenvalue weighted by atomic mass is 35.5. The predicted molar refractivity (Wildman–Crippen MR) is 105 cm³/mol. The zero-order valence-electron chi connectivity index (χ0n) is 13.6. The molecule has 1 aromatic heterocycles. The van der Waals surface area contributed by atoms with E-state index in [1.54, 1.807) is 24.3 Å². The molecule has 2 aromatic carbocycles. The Bertz CT molecular complexity index is 1130. The molecule has 0 radical (unpaired) electrons. The van der Waals surface area contributed by atoms with E-state index in [2.05, 4.69) is 20.8 Å². The van der Waals surface area contributed by atoms with E-state index in [4.69, 9.17) is 23.2 Å². The SMILES string of the molecule is O=C(NN=Cc1cc2ccccc2[nH]c1=O)C(=O)Nc1cc(Cl)ccc1Cl. The number of hydrogen-bond acceptors (Lipinski definition) is 4. The summed E-state index contributed by atoms with van der Waals surface area (Å²) in [6.07, 6.45) is 1.16. The minimum absolute atomic E-state index is 0.194. The summed E-state index contributed by atoms with van der Waals surface area (Å²) in [6.45, 7) is 0. The molecule has 3 N–H and O–H groups in total. The number of halogens is 2. The Kier molecular flexibility index (Phi) is 5.54. The van der Waals surface area contributed by atoms with E-state index in [-0.39, 0.29) is 21.8 Å². The highest BCUT2D eigenvalue weighted by molar-refractivity contribution is 6.42. The number of nitrogens with one attached hydrogen (secondary N) is 3. The highest BCUT2D eigenvalue weighted by Gasteiger charge is 2.14. The summed E-state index contributed by atoms with van der Waals surface area (Å²) in [5, 5.41) is 7.36. The van der Waals surface area contributed by atoms with Crippen molar-refractivity contribution in [3.63, 3.8) is 0 Å². The Morgan fingerprint density at radius 1 is 1.04 bits per heavy atom. The first-order chi connectivity index (χ1) is 12.9. The van der Waals surface area contributed by atoms with Gasteiger partial charge in [-0.05, 0) is 35.7 Å². The minimum Gasteiger partial charge on any atom is -0.321 e. The number of fused-ring (bicyclic) bond motifs is 1. The van der Waals surface area contributed by atoms with Crippen LogP contribution in [0.15, 0.2) is 58.4 Å². The Morgan fingerprint density at radius 3 is 2.63 bits per heavy atom. The number of anilines is 1. The van der Waals surface area contributed by atoms with Gasteiger partial charge in [0.05, 0.1) is 22.5 Å². The molecule has 0 atom stereocenters. The minimum atomic E-state index is -1.03. The first-order valence-electron chi connectivity index (χ1n) is 7.65. The molecule has 2 amide bonds. The molecule has 9 heteroatoms. The van der Waals surface area contributed by atoms with E-state index in [1.807, 2.05) is 12.1 Å². The lowest BCUT2D eigenvalue weighted by Crippen LogP contribution is -2.32. The fraction of sp³-hybridized carbons (Fsp3) is 0. The quantitative estimate of drug-likeness (QED) is 0.356. The van der Waals surface area contributed by atoms with Gasteiger partial charge in [-0.15, -0.1) is 0 Å². The summed E-state index contributed by atoms with van der Waals surface area (Å²) in [5.74, 6) is -2.01. The van der Waals surface area contributed by atoms with Gasteiger partial charge in [0.15, 0.2) is 0 Å². The van der Waals surface area contributed by atoms with Crippen LogP contribution in [0.2, 0.25) is 10.0 Å². The maximum Gasteiger partial charge on any atom is 0.329 e. The van der Waals surface area contributed by atoms with Crippen molar-refractivity contribution in [2.75, 3.05) is 5.32 Å². The van der Waals surface area contributed by atoms with Gasteiger partial charge < -0.3 is 10.3 Å². The maximum atomic E-state index is 12.0. The third-order valence-corrected chi connectivity index (χ3v) is 4.10. The number of carbonyl (C=O) groups is 2. The Labute approximate surface area is 163 Å². The number of benzene rings is 2. The van der Waals surface area contributed by atoms with Crippen molar-refractivity contribution in [1.82, 2.24) is 10.4 Å². The number of H-pyrrole nitrogens is 1. The standard InChI is InChI=1S/C18H12Cl2N4O3/c19-12-5-6-13(20)15(8-12)23-17(26)18(27)24-21-9-11-7-10-3-1-2-4-14(10)22-16(11)25/h1-9H,(H,22,25)(H,23,26)(H,24,27). The average Bonchev–Trinajstić information content (AvgIpc) is 2.65. The van der Waals surface area contributed by atoms with Crippen molar-refractivity contribution in [3.8, 4) is 0 Å². The number of para-hydroxylation sites is 1. The van der Waals surface area contributed by atoms with Crippen molar-refractivity contribution < 1.29 is 9.59 Å². The molecule has 136 valence electrons. The largest absolute Gasteiger partial charge is 0.329 e. The second-order valence-electron chi connectivity index (χ2n) is 5.42. The van der Waals surface area contributed by atoms with Gasteiger partial charge in [-0.3, -0.25) is 14.4 Å². The zero-order valence-corrected chi connectivity index (χ0v) is 15.1. The summed E-state index contributed by atoms with van der Waals surface area (Å²) in [7, 11) is 0. The van der Waals surface area contributed by atoms with Crippen LogP contribution in [0.5, 0.6) is 0 Å². The van der Waals surface area contributed by atoms with E-state index in [0.29, 0.717) is 10.5 Å². The zero-order chi connectivity index (χ0) is 19.4.